The van der Waals surface area contributed by atoms with Crippen LogP contribution >= 0.6 is 19.0 Å². The number of benzene rings is 5. The van der Waals surface area contributed by atoms with Crippen LogP contribution in [0.5, 0.6) is 0 Å². The molecule has 0 aliphatic heterocycles. The molecule has 9 heteroatoms. The fourth-order valence-corrected chi connectivity index (χ4v) is 10.2. The van der Waals surface area contributed by atoms with E-state index >= 15 is 0 Å². The minimum Gasteiger partial charge on any atom is -0.425 e. The van der Waals surface area contributed by atoms with Crippen molar-refractivity contribution < 1.29 is 33.3 Å². The van der Waals surface area contributed by atoms with Gasteiger partial charge >= 0.3 is 0 Å². The molecule has 6 aromatic rings. The van der Waals surface area contributed by atoms with E-state index in [1.54, 1.807) is 11.8 Å². The first-order valence-electron chi connectivity index (χ1n) is 13.7. The van der Waals surface area contributed by atoms with Gasteiger partial charge in [-0.1, -0.05) is 90.0 Å². The second-order valence-electron chi connectivity index (χ2n) is 9.97. The normalized spacial score (nSPS) is 11.5. The third-order valence-corrected chi connectivity index (χ3v) is 12.1. The van der Waals surface area contributed by atoms with Crippen LogP contribution in [0, 0.1) is 24.1 Å². The smallest absolute Gasteiger partial charge is 0.251 e. The van der Waals surface area contributed by atoms with Crippen molar-refractivity contribution in [3.63, 3.8) is 0 Å². The van der Waals surface area contributed by atoms with Crippen LogP contribution in [-0.2, 0) is 0 Å². The SMILES string of the molecule is Cc1ccc(Sc2oc(-c3ccc(C)cc3)nc2[P+](c2ccccc2)(c2ccccc2)c2ccccc2)cc1.[O-][Cl+3]([O-])([O-])[O-]. The van der Waals surface area contributed by atoms with Gasteiger partial charge in [-0.05, 0) is 86.3 Å². The molecule has 0 aliphatic rings. The molecule has 222 valence electrons. The third-order valence-electron chi connectivity index (χ3n) is 6.86. The monoisotopic (exact) mass is 641 g/mol. The van der Waals surface area contributed by atoms with Gasteiger partial charge < -0.3 is 4.42 Å². The molecule has 0 spiro atoms. The van der Waals surface area contributed by atoms with Crippen molar-refractivity contribution in [2.24, 2.45) is 0 Å². The van der Waals surface area contributed by atoms with E-state index in [-0.39, 0.29) is 0 Å². The molecule has 1 heterocycles. The lowest BCUT2D eigenvalue weighted by molar-refractivity contribution is -2.00. The third kappa shape index (κ3) is 7.46. The molecule has 0 N–H and O–H groups in total. The minimum absolute atomic E-state index is 0.645. The summed E-state index contributed by atoms with van der Waals surface area (Å²) in [5.41, 5.74) is 4.41. The van der Waals surface area contributed by atoms with Gasteiger partial charge in [0.25, 0.3) is 5.44 Å². The van der Waals surface area contributed by atoms with Crippen molar-refractivity contribution >= 4 is 40.4 Å². The number of aromatic nitrogens is 1. The van der Waals surface area contributed by atoms with Gasteiger partial charge in [0.05, 0.1) is 0 Å². The molecule has 0 saturated carbocycles. The summed E-state index contributed by atoms with van der Waals surface area (Å²) in [6, 6.07) is 49.5. The number of rotatable bonds is 7. The molecule has 0 aliphatic carbocycles. The van der Waals surface area contributed by atoms with Crippen molar-refractivity contribution in [3.8, 4) is 11.5 Å². The summed E-state index contributed by atoms with van der Waals surface area (Å²) >= 11 is 1.65. The van der Waals surface area contributed by atoms with Crippen molar-refractivity contribution in [2.75, 3.05) is 0 Å². The Hall–Kier alpha value is -3.78. The maximum Gasteiger partial charge on any atom is 0.251 e. The molecule has 0 atom stereocenters. The van der Waals surface area contributed by atoms with Gasteiger partial charge in [0.1, 0.15) is 15.9 Å². The van der Waals surface area contributed by atoms with Crippen molar-refractivity contribution in [3.05, 3.63) is 151 Å². The Balaban J connectivity index is 0.000000712. The molecule has 0 amide bonds. The highest BCUT2D eigenvalue weighted by Gasteiger charge is 2.53. The number of nitrogens with zero attached hydrogens (tertiary/aromatic N) is 1. The zero-order valence-electron chi connectivity index (χ0n) is 24.0. The van der Waals surface area contributed by atoms with E-state index in [1.165, 1.54) is 27.0 Å². The molecule has 5 aromatic carbocycles. The lowest BCUT2D eigenvalue weighted by Gasteiger charge is -2.25. The van der Waals surface area contributed by atoms with Gasteiger partial charge in [-0.3, -0.25) is 0 Å². The highest BCUT2D eigenvalue weighted by atomic mass is 35.7. The molecule has 6 rings (SSSR count). The Morgan fingerprint density at radius 2 is 0.955 bits per heavy atom. The van der Waals surface area contributed by atoms with E-state index < -0.39 is 17.5 Å². The van der Waals surface area contributed by atoms with Crippen LogP contribution in [0.2, 0.25) is 0 Å². The largest absolute Gasteiger partial charge is 0.425 e. The van der Waals surface area contributed by atoms with Crippen LogP contribution in [-0.4, -0.2) is 4.98 Å². The average Bonchev–Trinajstić information content (AvgIpc) is 3.43. The van der Waals surface area contributed by atoms with Crippen LogP contribution < -0.4 is 40.0 Å². The highest BCUT2D eigenvalue weighted by Crippen LogP contribution is 2.56. The number of hydrogen-bond donors (Lipinski definition) is 0. The zero-order valence-corrected chi connectivity index (χ0v) is 26.5. The number of aryl methyl sites for hydroxylation is 2. The second-order valence-corrected chi connectivity index (χ2v) is 15.1. The van der Waals surface area contributed by atoms with Crippen LogP contribution in [0.3, 0.4) is 0 Å². The Morgan fingerprint density at radius 3 is 1.36 bits per heavy atom. The predicted octanol–water partition coefficient (Wildman–Crippen LogP) is 2.97. The predicted molar refractivity (Wildman–Crippen MR) is 167 cm³/mol. The van der Waals surface area contributed by atoms with E-state index in [2.05, 4.69) is 153 Å². The van der Waals surface area contributed by atoms with Crippen LogP contribution in [0.1, 0.15) is 11.1 Å². The van der Waals surface area contributed by atoms with E-state index in [9.17, 15) is 0 Å². The standard InChI is InChI=1S/C35H29NOPS.ClHO4/c1-26-18-22-28(23-19-26)33-36-34(35(37-33)39-32-24-20-27(2)21-25-32)38(29-12-6-3-7-13-29,30-14-8-4-9-15-30)31-16-10-5-11-17-31;2-1(3,4)5/h3-25H,1-2H3;(H,2,3,4,5)/q+1;/p-1. The summed E-state index contributed by atoms with van der Waals surface area (Å²) in [6.45, 7) is 4.21. The topological polar surface area (TPSA) is 118 Å². The summed E-state index contributed by atoms with van der Waals surface area (Å²) in [7, 11) is -7.37. The number of halogens is 1. The van der Waals surface area contributed by atoms with Gasteiger partial charge in [-0.2, -0.15) is 4.98 Å². The Bertz CT molecular complexity index is 1680. The molecule has 0 radical (unpaired) electrons. The lowest BCUT2D eigenvalue weighted by Crippen LogP contribution is -2.68. The van der Waals surface area contributed by atoms with Gasteiger partial charge in [0.2, 0.25) is 11.0 Å². The van der Waals surface area contributed by atoms with E-state index in [0.29, 0.717) is 5.89 Å². The van der Waals surface area contributed by atoms with Crippen molar-refractivity contribution in [1.29, 1.82) is 0 Å². The Labute approximate surface area is 263 Å². The molecular weight excluding hydrogens is 613 g/mol. The molecule has 44 heavy (non-hydrogen) atoms. The van der Waals surface area contributed by atoms with Gasteiger partial charge in [0, 0.05) is 10.5 Å². The fourth-order valence-electron chi connectivity index (χ4n) is 4.88. The van der Waals surface area contributed by atoms with Crippen LogP contribution in [0.15, 0.2) is 154 Å². The second kappa shape index (κ2) is 13.9. The maximum absolute atomic E-state index is 8.49. The molecule has 0 unspecified atom stereocenters. The molecule has 0 saturated heterocycles. The lowest BCUT2D eigenvalue weighted by atomic mass is 10.1. The van der Waals surface area contributed by atoms with Gasteiger partial charge in [0.15, 0.2) is 7.26 Å². The number of hydrogen-bond acceptors (Lipinski definition) is 7. The van der Waals surface area contributed by atoms with Gasteiger partial charge in [-0.15, -0.1) is 10.2 Å². The summed E-state index contributed by atoms with van der Waals surface area (Å²) in [5.74, 6) is 0.645. The van der Waals surface area contributed by atoms with E-state index in [0.717, 1.165) is 21.0 Å². The summed E-state index contributed by atoms with van der Waals surface area (Å²) in [5, 5.41) is 4.57. The van der Waals surface area contributed by atoms with Crippen molar-refractivity contribution in [2.45, 2.75) is 23.8 Å². The first-order chi connectivity index (χ1) is 21.1. The summed E-state index contributed by atoms with van der Waals surface area (Å²) < 4.78 is 40.7. The van der Waals surface area contributed by atoms with Crippen molar-refractivity contribution in [1.82, 2.24) is 4.98 Å². The molecule has 0 fully saturated rings. The molecular formula is C35H29ClNO5PS. The van der Waals surface area contributed by atoms with E-state index in [4.69, 9.17) is 28.0 Å². The Kier molecular flexibility index (Phi) is 9.99. The maximum atomic E-state index is 8.49. The Morgan fingerprint density at radius 1 is 0.568 bits per heavy atom. The van der Waals surface area contributed by atoms with E-state index in [1.807, 2.05) is 0 Å². The highest BCUT2D eigenvalue weighted by molar-refractivity contribution is 8.04. The molecule has 1 aromatic heterocycles. The minimum atomic E-state index is -4.94. The van der Waals surface area contributed by atoms with Gasteiger partial charge in [-0.25, -0.2) is 18.6 Å². The fraction of sp³-hybridized carbons (Fsp3) is 0.0571. The quantitative estimate of drug-likeness (QED) is 0.246. The zero-order chi connectivity index (χ0) is 31.2. The first kappa shape index (κ1) is 31.6. The molecule has 0 bridgehead atoms. The summed E-state index contributed by atoms with van der Waals surface area (Å²) in [6.07, 6.45) is 0. The summed E-state index contributed by atoms with van der Waals surface area (Å²) in [4.78, 5) is 6.51. The molecule has 6 nitrogen and oxygen atoms in total. The number of oxazole rings is 1. The van der Waals surface area contributed by atoms with Crippen LogP contribution in [0.25, 0.3) is 11.5 Å². The first-order valence-corrected chi connectivity index (χ1v) is 17.5. The van der Waals surface area contributed by atoms with Crippen LogP contribution in [0.4, 0.5) is 0 Å². The average molecular weight is 642 g/mol.